The largest absolute Gasteiger partial charge is 0.0654 e. The second kappa shape index (κ2) is 16.8. The van der Waals surface area contributed by atoms with Crippen molar-refractivity contribution in [1.82, 2.24) is 0 Å². The van der Waals surface area contributed by atoms with Gasteiger partial charge >= 0.3 is 0 Å². The SMILES string of the molecule is CCCCCCC(CCCCCC)C(CCC)C(CCC)C1CCC(C)CC1. The van der Waals surface area contributed by atoms with Crippen molar-refractivity contribution in [1.29, 1.82) is 0 Å². The lowest BCUT2D eigenvalue weighted by molar-refractivity contribution is 0.0901. The quantitative estimate of drug-likeness (QED) is 0.216. The first-order valence-corrected chi connectivity index (χ1v) is 13.7. The third kappa shape index (κ3) is 10.2. The van der Waals surface area contributed by atoms with Crippen LogP contribution in [0.5, 0.6) is 0 Å². The summed E-state index contributed by atoms with van der Waals surface area (Å²) in [6, 6.07) is 0. The highest BCUT2D eigenvalue weighted by atomic mass is 14.4. The highest BCUT2D eigenvalue weighted by molar-refractivity contribution is 4.85. The summed E-state index contributed by atoms with van der Waals surface area (Å²) in [6.07, 6.45) is 26.5. The van der Waals surface area contributed by atoms with Crippen LogP contribution in [0.2, 0.25) is 0 Å². The molecule has 0 aromatic heterocycles. The first-order chi connectivity index (χ1) is 13.7. The monoisotopic (exact) mass is 392 g/mol. The van der Waals surface area contributed by atoms with Gasteiger partial charge in [0.1, 0.15) is 0 Å². The van der Waals surface area contributed by atoms with Crippen LogP contribution in [0.1, 0.15) is 150 Å². The predicted octanol–water partition coefficient (Wildman–Crippen LogP) is 10.2. The van der Waals surface area contributed by atoms with Crippen LogP contribution < -0.4 is 0 Å². The van der Waals surface area contributed by atoms with Gasteiger partial charge in [0.25, 0.3) is 0 Å². The predicted molar refractivity (Wildman–Crippen MR) is 129 cm³/mol. The standard InChI is InChI=1S/C28H56/c1-6-10-12-14-18-25(19-15-13-11-7-2)27(16-8-3)28(17-9-4)26-22-20-24(5)21-23-26/h24-28H,6-23H2,1-5H3. The van der Waals surface area contributed by atoms with E-state index in [0.717, 1.165) is 29.6 Å². The second-order valence-electron chi connectivity index (χ2n) is 10.4. The molecule has 28 heavy (non-hydrogen) atoms. The average molecular weight is 393 g/mol. The second-order valence-corrected chi connectivity index (χ2v) is 10.4. The Morgan fingerprint density at radius 3 is 1.57 bits per heavy atom. The molecule has 0 aliphatic heterocycles. The molecule has 1 fully saturated rings. The van der Waals surface area contributed by atoms with Crippen LogP contribution in [0.15, 0.2) is 0 Å². The van der Waals surface area contributed by atoms with Crippen LogP contribution in [-0.2, 0) is 0 Å². The van der Waals surface area contributed by atoms with E-state index in [0.29, 0.717) is 0 Å². The lowest BCUT2D eigenvalue weighted by Crippen LogP contribution is -2.32. The summed E-state index contributed by atoms with van der Waals surface area (Å²) in [6.45, 7) is 12.1. The Balaban J connectivity index is 2.82. The molecule has 1 aliphatic carbocycles. The van der Waals surface area contributed by atoms with Crippen molar-refractivity contribution in [2.75, 3.05) is 0 Å². The van der Waals surface area contributed by atoms with E-state index in [-0.39, 0.29) is 0 Å². The van der Waals surface area contributed by atoms with Crippen molar-refractivity contribution >= 4 is 0 Å². The zero-order valence-corrected chi connectivity index (χ0v) is 20.6. The normalized spacial score (nSPS) is 22.5. The van der Waals surface area contributed by atoms with E-state index >= 15 is 0 Å². The third-order valence-electron chi connectivity index (χ3n) is 7.92. The van der Waals surface area contributed by atoms with Gasteiger partial charge in [0.2, 0.25) is 0 Å². The van der Waals surface area contributed by atoms with Gasteiger partial charge in [-0.2, -0.15) is 0 Å². The Bertz CT molecular complexity index is 313. The lowest BCUT2D eigenvalue weighted by Gasteiger charge is -2.41. The molecule has 0 nitrogen and oxygen atoms in total. The summed E-state index contributed by atoms with van der Waals surface area (Å²) in [5.41, 5.74) is 0. The van der Waals surface area contributed by atoms with Crippen LogP contribution in [0, 0.1) is 29.6 Å². The fourth-order valence-corrected chi connectivity index (χ4v) is 6.22. The molecule has 168 valence electrons. The summed E-state index contributed by atoms with van der Waals surface area (Å²) in [4.78, 5) is 0. The maximum atomic E-state index is 2.48. The van der Waals surface area contributed by atoms with Gasteiger partial charge in [0.05, 0.1) is 0 Å². The fraction of sp³-hybridized carbons (Fsp3) is 1.00. The third-order valence-corrected chi connectivity index (χ3v) is 7.92. The maximum Gasteiger partial charge on any atom is -0.0355 e. The molecule has 1 rings (SSSR count). The van der Waals surface area contributed by atoms with E-state index in [4.69, 9.17) is 0 Å². The highest BCUT2D eigenvalue weighted by Crippen LogP contribution is 2.44. The van der Waals surface area contributed by atoms with E-state index in [1.807, 2.05) is 0 Å². The van der Waals surface area contributed by atoms with Crippen LogP contribution in [0.25, 0.3) is 0 Å². The van der Waals surface area contributed by atoms with Crippen molar-refractivity contribution < 1.29 is 0 Å². The Hall–Kier alpha value is 0. The highest BCUT2D eigenvalue weighted by Gasteiger charge is 2.34. The van der Waals surface area contributed by atoms with Crippen LogP contribution in [0.4, 0.5) is 0 Å². The molecular weight excluding hydrogens is 336 g/mol. The summed E-state index contributed by atoms with van der Waals surface area (Å²) in [7, 11) is 0. The van der Waals surface area contributed by atoms with Crippen LogP contribution in [-0.4, -0.2) is 0 Å². The number of hydrogen-bond donors (Lipinski definition) is 0. The Morgan fingerprint density at radius 1 is 0.571 bits per heavy atom. The number of rotatable bonds is 17. The van der Waals surface area contributed by atoms with Gasteiger partial charge in [-0.1, -0.05) is 137 Å². The summed E-state index contributed by atoms with van der Waals surface area (Å²) in [5.74, 6) is 5.10. The molecule has 0 spiro atoms. The zero-order chi connectivity index (χ0) is 20.6. The van der Waals surface area contributed by atoms with Crippen molar-refractivity contribution in [2.24, 2.45) is 29.6 Å². The molecule has 1 saturated carbocycles. The summed E-state index contributed by atoms with van der Waals surface area (Å²) in [5, 5.41) is 0. The van der Waals surface area contributed by atoms with Gasteiger partial charge < -0.3 is 0 Å². The van der Waals surface area contributed by atoms with Gasteiger partial charge in [0, 0.05) is 0 Å². The molecule has 2 atom stereocenters. The van der Waals surface area contributed by atoms with E-state index < -0.39 is 0 Å². The Morgan fingerprint density at radius 2 is 1.11 bits per heavy atom. The first-order valence-electron chi connectivity index (χ1n) is 13.7. The molecular formula is C28H56. The average Bonchev–Trinajstić information content (AvgIpc) is 2.70. The molecule has 0 aromatic carbocycles. The van der Waals surface area contributed by atoms with Crippen LogP contribution in [0.3, 0.4) is 0 Å². The van der Waals surface area contributed by atoms with Crippen molar-refractivity contribution in [3.05, 3.63) is 0 Å². The minimum atomic E-state index is 0.988. The fourth-order valence-electron chi connectivity index (χ4n) is 6.22. The minimum Gasteiger partial charge on any atom is -0.0654 e. The van der Waals surface area contributed by atoms with Gasteiger partial charge in [-0.15, -0.1) is 0 Å². The van der Waals surface area contributed by atoms with E-state index in [9.17, 15) is 0 Å². The molecule has 2 unspecified atom stereocenters. The van der Waals surface area contributed by atoms with Gasteiger partial charge in [-0.25, -0.2) is 0 Å². The molecule has 0 aromatic rings. The number of hydrogen-bond acceptors (Lipinski definition) is 0. The minimum absolute atomic E-state index is 0.988. The van der Waals surface area contributed by atoms with E-state index in [1.54, 1.807) is 0 Å². The van der Waals surface area contributed by atoms with E-state index in [1.165, 1.54) is 116 Å². The molecule has 0 bridgehead atoms. The summed E-state index contributed by atoms with van der Waals surface area (Å²) >= 11 is 0. The molecule has 0 heterocycles. The van der Waals surface area contributed by atoms with Gasteiger partial charge in [0.15, 0.2) is 0 Å². The van der Waals surface area contributed by atoms with Crippen molar-refractivity contribution in [3.63, 3.8) is 0 Å². The maximum absolute atomic E-state index is 2.48. The molecule has 0 N–H and O–H groups in total. The van der Waals surface area contributed by atoms with Gasteiger partial charge in [-0.05, 0) is 42.4 Å². The molecule has 1 aliphatic rings. The van der Waals surface area contributed by atoms with Gasteiger partial charge in [-0.3, -0.25) is 0 Å². The smallest absolute Gasteiger partial charge is 0.0355 e. The Labute approximate surface area is 180 Å². The molecule has 0 saturated heterocycles. The van der Waals surface area contributed by atoms with Crippen LogP contribution >= 0.6 is 0 Å². The number of unbranched alkanes of at least 4 members (excludes halogenated alkanes) is 6. The molecule has 0 radical (unpaired) electrons. The zero-order valence-electron chi connectivity index (χ0n) is 20.6. The van der Waals surface area contributed by atoms with Crippen molar-refractivity contribution in [3.8, 4) is 0 Å². The molecule has 0 amide bonds. The molecule has 0 heteroatoms. The summed E-state index contributed by atoms with van der Waals surface area (Å²) < 4.78 is 0. The lowest BCUT2D eigenvalue weighted by atomic mass is 9.64. The van der Waals surface area contributed by atoms with E-state index in [2.05, 4.69) is 34.6 Å². The Kier molecular flexibility index (Phi) is 15.6. The van der Waals surface area contributed by atoms with Crippen molar-refractivity contribution in [2.45, 2.75) is 150 Å². The first kappa shape index (κ1) is 26.0. The topological polar surface area (TPSA) is 0 Å².